The van der Waals surface area contributed by atoms with Gasteiger partial charge in [-0.15, -0.1) is 0 Å². The number of halogens is 4. The van der Waals surface area contributed by atoms with Crippen LogP contribution in [0.1, 0.15) is 17.4 Å². The van der Waals surface area contributed by atoms with Crippen molar-refractivity contribution in [2.45, 2.75) is 17.0 Å². The second-order valence-corrected chi connectivity index (χ2v) is 8.76. The van der Waals surface area contributed by atoms with Gasteiger partial charge in [-0.1, -0.05) is 17.3 Å². The first kappa shape index (κ1) is 21.2. The first-order valence-electron chi connectivity index (χ1n) is 8.94. The lowest BCUT2D eigenvalue weighted by Gasteiger charge is -2.36. The molecule has 1 saturated heterocycles. The molecule has 2 aromatic carbocycles. The maximum Gasteiger partial charge on any atom is 0.416 e. The number of aromatic nitrogens is 2. The molecular weight excluding hydrogens is 442 g/mol. The Hall–Kier alpha value is -2.99. The molecule has 164 valence electrons. The normalized spacial score (nSPS) is 15.6. The molecule has 0 atom stereocenters. The molecule has 0 radical (unpaired) electrons. The molecule has 12 heteroatoms. The quantitative estimate of drug-likeness (QED) is 0.544. The SMILES string of the molecule is COc1ccc(F)cc1S(=O)(=O)N1CC(c2nc(-c3cccc(C(F)(F)F)c3)no2)C1. The van der Waals surface area contributed by atoms with Gasteiger partial charge in [-0.2, -0.15) is 22.5 Å². The van der Waals surface area contributed by atoms with Gasteiger partial charge < -0.3 is 9.26 Å². The maximum atomic E-state index is 13.6. The fraction of sp³-hybridized carbons (Fsp3) is 0.263. The Labute approximate surface area is 174 Å². The Balaban J connectivity index is 1.51. The van der Waals surface area contributed by atoms with Crippen molar-refractivity contribution in [1.29, 1.82) is 0 Å². The summed E-state index contributed by atoms with van der Waals surface area (Å²) in [6.07, 6.45) is -4.51. The summed E-state index contributed by atoms with van der Waals surface area (Å²) >= 11 is 0. The van der Waals surface area contributed by atoms with Gasteiger partial charge in [0.1, 0.15) is 16.5 Å². The summed E-state index contributed by atoms with van der Waals surface area (Å²) < 4.78 is 89.1. The topological polar surface area (TPSA) is 85.5 Å². The fourth-order valence-electron chi connectivity index (χ4n) is 3.13. The van der Waals surface area contributed by atoms with Crippen LogP contribution in [0.5, 0.6) is 5.75 Å². The van der Waals surface area contributed by atoms with Crippen molar-refractivity contribution < 1.29 is 35.2 Å². The zero-order valence-corrected chi connectivity index (χ0v) is 16.7. The molecule has 0 N–H and O–H groups in total. The van der Waals surface area contributed by atoms with E-state index in [1.54, 1.807) is 0 Å². The predicted molar refractivity (Wildman–Crippen MR) is 99.2 cm³/mol. The van der Waals surface area contributed by atoms with E-state index in [1.165, 1.54) is 25.3 Å². The molecule has 0 spiro atoms. The Morgan fingerprint density at radius 2 is 1.90 bits per heavy atom. The van der Waals surface area contributed by atoms with Gasteiger partial charge in [-0.3, -0.25) is 0 Å². The largest absolute Gasteiger partial charge is 0.495 e. The van der Waals surface area contributed by atoms with Crippen LogP contribution < -0.4 is 4.74 Å². The van der Waals surface area contributed by atoms with Crippen LogP contribution in [0.4, 0.5) is 17.6 Å². The zero-order valence-electron chi connectivity index (χ0n) is 15.9. The van der Waals surface area contributed by atoms with Gasteiger partial charge in [-0.05, 0) is 30.3 Å². The molecule has 2 heterocycles. The summed E-state index contributed by atoms with van der Waals surface area (Å²) in [6.45, 7) is -0.0154. The van der Waals surface area contributed by atoms with Gasteiger partial charge >= 0.3 is 6.18 Å². The van der Waals surface area contributed by atoms with Crippen molar-refractivity contribution >= 4 is 10.0 Å². The smallest absolute Gasteiger partial charge is 0.416 e. The lowest BCUT2D eigenvalue weighted by molar-refractivity contribution is -0.137. The standard InChI is InChI=1S/C19H15F4N3O4S/c1-29-15-6-5-14(20)8-16(15)31(27,28)26-9-12(10-26)18-24-17(25-30-18)11-3-2-4-13(7-11)19(21,22)23/h2-8,12H,9-10H2,1H3. The highest BCUT2D eigenvalue weighted by molar-refractivity contribution is 7.89. The minimum Gasteiger partial charge on any atom is -0.495 e. The molecule has 1 aromatic heterocycles. The fourth-order valence-corrected chi connectivity index (χ4v) is 4.83. The lowest BCUT2D eigenvalue weighted by atomic mass is 10.0. The van der Waals surface area contributed by atoms with E-state index in [1.807, 2.05) is 0 Å². The van der Waals surface area contributed by atoms with Crippen LogP contribution in [0.25, 0.3) is 11.4 Å². The van der Waals surface area contributed by atoms with Gasteiger partial charge in [0, 0.05) is 18.7 Å². The molecule has 3 aromatic rings. The zero-order chi connectivity index (χ0) is 22.4. The summed E-state index contributed by atoms with van der Waals surface area (Å²) in [5.74, 6) is -1.09. The number of hydrogen-bond acceptors (Lipinski definition) is 6. The third kappa shape index (κ3) is 4.00. The molecule has 0 aliphatic carbocycles. The Bertz CT molecular complexity index is 1220. The van der Waals surface area contributed by atoms with Gasteiger partial charge in [0.15, 0.2) is 0 Å². The molecule has 1 aliphatic rings. The molecule has 0 bridgehead atoms. The lowest BCUT2D eigenvalue weighted by Crippen LogP contribution is -2.48. The number of ether oxygens (including phenoxy) is 1. The second-order valence-electron chi connectivity index (χ2n) is 6.85. The van der Waals surface area contributed by atoms with E-state index in [9.17, 15) is 26.0 Å². The average Bonchev–Trinajstić information content (AvgIpc) is 3.15. The number of sulfonamides is 1. The van der Waals surface area contributed by atoms with Gasteiger partial charge in [0.2, 0.25) is 21.7 Å². The highest BCUT2D eigenvalue weighted by Crippen LogP contribution is 2.36. The van der Waals surface area contributed by atoms with E-state index in [0.717, 1.165) is 28.6 Å². The summed E-state index contributed by atoms with van der Waals surface area (Å²) in [5, 5.41) is 3.71. The number of nitrogens with zero attached hydrogens (tertiary/aromatic N) is 3. The summed E-state index contributed by atoms with van der Waals surface area (Å²) in [5.41, 5.74) is -0.723. The highest BCUT2D eigenvalue weighted by atomic mass is 32.2. The number of methoxy groups -OCH3 is 1. The predicted octanol–water partition coefficient (Wildman–Crippen LogP) is 3.69. The van der Waals surface area contributed by atoms with Gasteiger partial charge in [0.05, 0.1) is 18.6 Å². The first-order valence-corrected chi connectivity index (χ1v) is 10.4. The number of rotatable bonds is 5. The minimum atomic E-state index is -4.51. The van der Waals surface area contributed by atoms with Crippen molar-refractivity contribution in [3.63, 3.8) is 0 Å². The van der Waals surface area contributed by atoms with E-state index in [-0.39, 0.29) is 41.0 Å². The molecule has 0 saturated carbocycles. The van der Waals surface area contributed by atoms with E-state index in [2.05, 4.69) is 10.1 Å². The summed E-state index contributed by atoms with van der Waals surface area (Å²) in [4.78, 5) is 3.81. The monoisotopic (exact) mass is 457 g/mol. The van der Waals surface area contributed by atoms with Crippen molar-refractivity contribution in [2.24, 2.45) is 0 Å². The van der Waals surface area contributed by atoms with E-state index in [4.69, 9.17) is 9.26 Å². The number of benzene rings is 2. The van der Waals surface area contributed by atoms with Crippen LogP contribution in [0.3, 0.4) is 0 Å². The van der Waals surface area contributed by atoms with E-state index >= 15 is 0 Å². The Kier molecular flexibility index (Phi) is 5.21. The number of alkyl halides is 3. The highest BCUT2D eigenvalue weighted by Gasteiger charge is 2.41. The van der Waals surface area contributed by atoms with E-state index in [0.29, 0.717) is 0 Å². The summed E-state index contributed by atoms with van der Waals surface area (Å²) in [7, 11) is -2.75. The molecule has 4 rings (SSSR count). The van der Waals surface area contributed by atoms with Crippen LogP contribution in [-0.2, 0) is 16.2 Å². The van der Waals surface area contributed by atoms with Crippen LogP contribution in [0, 0.1) is 5.82 Å². The molecule has 0 amide bonds. The first-order chi connectivity index (χ1) is 14.6. The Morgan fingerprint density at radius 3 is 2.58 bits per heavy atom. The van der Waals surface area contributed by atoms with Crippen molar-refractivity contribution in [3.8, 4) is 17.1 Å². The Morgan fingerprint density at radius 1 is 1.16 bits per heavy atom. The third-order valence-corrected chi connectivity index (χ3v) is 6.68. The van der Waals surface area contributed by atoms with Crippen LogP contribution >= 0.6 is 0 Å². The van der Waals surface area contributed by atoms with E-state index < -0.39 is 33.5 Å². The van der Waals surface area contributed by atoms with Crippen molar-refractivity contribution in [1.82, 2.24) is 14.4 Å². The summed E-state index contributed by atoms with van der Waals surface area (Å²) in [6, 6.07) is 7.67. The van der Waals surface area contributed by atoms with Crippen molar-refractivity contribution in [3.05, 3.63) is 59.7 Å². The average molecular weight is 457 g/mol. The number of hydrogen-bond donors (Lipinski definition) is 0. The van der Waals surface area contributed by atoms with Crippen LogP contribution in [-0.4, -0.2) is 43.1 Å². The molecule has 0 unspecified atom stereocenters. The molecular formula is C19H15F4N3O4S. The minimum absolute atomic E-state index is 0.00771. The molecule has 1 aliphatic heterocycles. The van der Waals surface area contributed by atoms with Gasteiger partial charge in [0.25, 0.3) is 0 Å². The van der Waals surface area contributed by atoms with Crippen molar-refractivity contribution in [2.75, 3.05) is 20.2 Å². The molecule has 7 nitrogen and oxygen atoms in total. The van der Waals surface area contributed by atoms with Crippen LogP contribution in [0.15, 0.2) is 51.9 Å². The molecule has 31 heavy (non-hydrogen) atoms. The third-order valence-electron chi connectivity index (χ3n) is 4.83. The van der Waals surface area contributed by atoms with Crippen LogP contribution in [0.2, 0.25) is 0 Å². The van der Waals surface area contributed by atoms with Gasteiger partial charge in [-0.25, -0.2) is 12.8 Å². The maximum absolute atomic E-state index is 13.6. The second kappa shape index (κ2) is 7.61. The molecule has 1 fully saturated rings.